The first-order valence-corrected chi connectivity index (χ1v) is 6.36. The van der Waals surface area contributed by atoms with Gasteiger partial charge in [-0.1, -0.05) is 6.07 Å². The number of benzene rings is 1. The minimum atomic E-state index is 0.553. The molecule has 1 aromatic rings. The largest absolute Gasteiger partial charge is 0.497 e. The first kappa shape index (κ1) is 10.9. The number of rotatable bonds is 1. The van der Waals surface area contributed by atoms with E-state index in [1.807, 2.05) is 0 Å². The molecule has 1 N–H and O–H groups in total. The standard InChI is InChI=1S/C14H20N2O/c1-9-14-12(6-7-15-9)11-5-4-10(17-3)8-13(11)16(14)2/h4-5,8-9,12,14-15H,6-7H2,1-3H3/t9?,12-,14-/m1/s1. The van der Waals surface area contributed by atoms with E-state index in [2.05, 4.69) is 42.4 Å². The van der Waals surface area contributed by atoms with Gasteiger partial charge in [-0.3, -0.25) is 0 Å². The second-order valence-corrected chi connectivity index (χ2v) is 5.16. The van der Waals surface area contributed by atoms with Gasteiger partial charge < -0.3 is 15.0 Å². The molecular formula is C14H20N2O. The van der Waals surface area contributed by atoms with Crippen LogP contribution in [0.3, 0.4) is 0 Å². The van der Waals surface area contributed by atoms with Gasteiger partial charge in [0.15, 0.2) is 0 Å². The third kappa shape index (κ3) is 1.53. The van der Waals surface area contributed by atoms with Gasteiger partial charge in [0, 0.05) is 30.8 Å². The summed E-state index contributed by atoms with van der Waals surface area (Å²) < 4.78 is 5.33. The number of hydrogen-bond donors (Lipinski definition) is 1. The van der Waals surface area contributed by atoms with E-state index in [0.29, 0.717) is 18.0 Å². The highest BCUT2D eigenvalue weighted by molar-refractivity contribution is 5.64. The van der Waals surface area contributed by atoms with Crippen molar-refractivity contribution in [2.45, 2.75) is 31.3 Å². The lowest BCUT2D eigenvalue weighted by Gasteiger charge is -2.37. The molecule has 3 heteroatoms. The van der Waals surface area contributed by atoms with Gasteiger partial charge in [-0.2, -0.15) is 0 Å². The van der Waals surface area contributed by atoms with Crippen LogP contribution in [0.25, 0.3) is 0 Å². The van der Waals surface area contributed by atoms with Gasteiger partial charge in [0.05, 0.1) is 13.2 Å². The maximum absolute atomic E-state index is 5.33. The van der Waals surface area contributed by atoms with Gasteiger partial charge in [0.2, 0.25) is 0 Å². The van der Waals surface area contributed by atoms with Crippen LogP contribution in [0.4, 0.5) is 5.69 Å². The van der Waals surface area contributed by atoms with E-state index >= 15 is 0 Å². The van der Waals surface area contributed by atoms with E-state index in [1.165, 1.54) is 17.7 Å². The minimum absolute atomic E-state index is 0.553. The maximum Gasteiger partial charge on any atom is 0.120 e. The molecule has 92 valence electrons. The van der Waals surface area contributed by atoms with Crippen LogP contribution in [0.15, 0.2) is 18.2 Å². The Labute approximate surface area is 103 Å². The van der Waals surface area contributed by atoms with Crippen LogP contribution in [0.2, 0.25) is 0 Å². The van der Waals surface area contributed by atoms with E-state index in [1.54, 1.807) is 7.11 Å². The fourth-order valence-corrected chi connectivity index (χ4v) is 3.48. The Morgan fingerprint density at radius 2 is 2.24 bits per heavy atom. The average Bonchev–Trinajstić information content (AvgIpc) is 2.64. The molecule has 2 aliphatic heterocycles. The van der Waals surface area contributed by atoms with E-state index < -0.39 is 0 Å². The van der Waals surface area contributed by atoms with Crippen molar-refractivity contribution in [1.82, 2.24) is 5.32 Å². The topological polar surface area (TPSA) is 24.5 Å². The Morgan fingerprint density at radius 1 is 1.41 bits per heavy atom. The highest BCUT2D eigenvalue weighted by Gasteiger charge is 2.41. The minimum Gasteiger partial charge on any atom is -0.497 e. The van der Waals surface area contributed by atoms with Crippen molar-refractivity contribution >= 4 is 5.69 Å². The summed E-state index contributed by atoms with van der Waals surface area (Å²) in [6.07, 6.45) is 1.23. The van der Waals surface area contributed by atoms with Crippen LogP contribution in [-0.2, 0) is 0 Å². The van der Waals surface area contributed by atoms with Gasteiger partial charge in [-0.05, 0) is 31.5 Å². The van der Waals surface area contributed by atoms with Gasteiger partial charge >= 0.3 is 0 Å². The van der Waals surface area contributed by atoms with Crippen LogP contribution < -0.4 is 15.0 Å². The number of ether oxygens (including phenoxy) is 1. The Hall–Kier alpha value is -1.22. The fourth-order valence-electron chi connectivity index (χ4n) is 3.48. The Kier molecular flexibility index (Phi) is 2.51. The molecule has 3 atom stereocenters. The zero-order chi connectivity index (χ0) is 12.0. The predicted molar refractivity (Wildman–Crippen MR) is 70.0 cm³/mol. The lowest BCUT2D eigenvalue weighted by Crippen LogP contribution is -2.51. The van der Waals surface area contributed by atoms with Crippen LogP contribution >= 0.6 is 0 Å². The predicted octanol–water partition coefficient (Wildman–Crippen LogP) is 1.98. The number of piperidine rings is 1. The summed E-state index contributed by atoms with van der Waals surface area (Å²) in [6.45, 7) is 3.41. The normalized spacial score (nSPS) is 31.0. The molecule has 2 heterocycles. The number of methoxy groups -OCH3 is 1. The number of nitrogens with one attached hydrogen (secondary N) is 1. The zero-order valence-electron chi connectivity index (χ0n) is 10.7. The highest BCUT2D eigenvalue weighted by Crippen LogP contribution is 2.45. The van der Waals surface area contributed by atoms with Gasteiger partial charge in [-0.25, -0.2) is 0 Å². The van der Waals surface area contributed by atoms with Crippen LogP contribution in [0.5, 0.6) is 5.75 Å². The first-order chi connectivity index (χ1) is 8.22. The highest BCUT2D eigenvalue weighted by atomic mass is 16.5. The summed E-state index contributed by atoms with van der Waals surface area (Å²) in [7, 11) is 3.93. The van der Waals surface area contributed by atoms with Crippen LogP contribution in [-0.4, -0.2) is 32.8 Å². The van der Waals surface area contributed by atoms with Gasteiger partial charge in [-0.15, -0.1) is 0 Å². The van der Waals surface area contributed by atoms with Crippen molar-refractivity contribution in [3.8, 4) is 5.75 Å². The summed E-state index contributed by atoms with van der Waals surface area (Å²) in [4.78, 5) is 2.42. The fraction of sp³-hybridized carbons (Fsp3) is 0.571. The molecule has 3 nitrogen and oxygen atoms in total. The lowest BCUT2D eigenvalue weighted by atomic mass is 9.85. The van der Waals surface area contributed by atoms with E-state index in [0.717, 1.165) is 12.3 Å². The molecule has 1 fully saturated rings. The number of hydrogen-bond acceptors (Lipinski definition) is 3. The van der Waals surface area contributed by atoms with E-state index in [9.17, 15) is 0 Å². The smallest absolute Gasteiger partial charge is 0.120 e. The molecule has 2 aliphatic rings. The Morgan fingerprint density at radius 3 is 3.00 bits per heavy atom. The van der Waals surface area contributed by atoms with Gasteiger partial charge in [0.25, 0.3) is 0 Å². The maximum atomic E-state index is 5.33. The molecule has 0 spiro atoms. The molecular weight excluding hydrogens is 212 g/mol. The summed E-state index contributed by atoms with van der Waals surface area (Å²) in [5.41, 5.74) is 2.83. The first-order valence-electron chi connectivity index (χ1n) is 6.36. The molecule has 0 saturated carbocycles. The number of nitrogens with zero attached hydrogens (tertiary/aromatic N) is 1. The second kappa shape index (κ2) is 3.91. The number of fused-ring (bicyclic) bond motifs is 3. The molecule has 0 bridgehead atoms. The van der Waals surface area contributed by atoms with Crippen molar-refractivity contribution in [3.63, 3.8) is 0 Å². The van der Waals surface area contributed by atoms with Crippen LogP contribution in [0, 0.1) is 0 Å². The molecule has 0 aliphatic carbocycles. The van der Waals surface area contributed by atoms with Crippen molar-refractivity contribution in [2.75, 3.05) is 25.6 Å². The van der Waals surface area contributed by atoms with Crippen LogP contribution in [0.1, 0.15) is 24.8 Å². The third-order valence-electron chi connectivity index (χ3n) is 4.31. The molecule has 0 amide bonds. The Balaban J connectivity index is 2.04. The zero-order valence-corrected chi connectivity index (χ0v) is 10.7. The van der Waals surface area contributed by atoms with Crippen molar-refractivity contribution in [2.24, 2.45) is 0 Å². The van der Waals surface area contributed by atoms with Crippen molar-refractivity contribution < 1.29 is 4.74 Å². The molecule has 1 saturated heterocycles. The summed E-state index contributed by atoms with van der Waals surface area (Å²) in [6, 6.07) is 7.64. The average molecular weight is 232 g/mol. The number of anilines is 1. The van der Waals surface area contributed by atoms with E-state index in [-0.39, 0.29) is 0 Å². The molecule has 17 heavy (non-hydrogen) atoms. The van der Waals surface area contributed by atoms with E-state index in [4.69, 9.17) is 4.74 Å². The van der Waals surface area contributed by atoms with Crippen molar-refractivity contribution in [3.05, 3.63) is 23.8 Å². The van der Waals surface area contributed by atoms with Crippen molar-refractivity contribution in [1.29, 1.82) is 0 Å². The third-order valence-corrected chi connectivity index (χ3v) is 4.31. The molecule has 1 unspecified atom stereocenters. The number of likely N-dealkylation sites (N-methyl/N-ethyl adjacent to an activating group) is 1. The molecule has 0 aromatic heterocycles. The summed E-state index contributed by atoms with van der Waals surface area (Å²) >= 11 is 0. The molecule has 3 rings (SSSR count). The second-order valence-electron chi connectivity index (χ2n) is 5.16. The summed E-state index contributed by atoms with van der Waals surface area (Å²) in [5, 5.41) is 3.57. The molecule has 1 aromatic carbocycles. The monoisotopic (exact) mass is 232 g/mol. The summed E-state index contributed by atoms with van der Waals surface area (Å²) in [5.74, 6) is 1.63. The SMILES string of the molecule is COc1ccc2c(c1)N(C)[C@@H]1C(C)NCC[C@H]21. The lowest BCUT2D eigenvalue weighted by molar-refractivity contribution is 0.337. The van der Waals surface area contributed by atoms with Gasteiger partial charge in [0.1, 0.15) is 5.75 Å². The quantitative estimate of drug-likeness (QED) is 0.801. The Bertz CT molecular complexity index is 432. The molecule has 0 radical (unpaired) electrons.